The van der Waals surface area contributed by atoms with Crippen molar-refractivity contribution in [2.24, 2.45) is 0 Å². The molecular weight excluding hydrogens is 494 g/mol. The van der Waals surface area contributed by atoms with Crippen LogP contribution in [0, 0.1) is 0 Å². The monoisotopic (exact) mass is 525 g/mol. The molecule has 3 unspecified atom stereocenters. The fourth-order valence-corrected chi connectivity index (χ4v) is 4.39. The molecule has 3 atom stereocenters. The Kier molecular flexibility index (Phi) is 7.17. The molecule has 0 spiro atoms. The van der Waals surface area contributed by atoms with Crippen LogP contribution in [0.15, 0.2) is 18.2 Å². The molecule has 13 heteroatoms. The van der Waals surface area contributed by atoms with Crippen LogP contribution in [0.5, 0.6) is 0 Å². The molecule has 202 valence electrons. The van der Waals surface area contributed by atoms with E-state index in [0.29, 0.717) is 32.4 Å². The van der Waals surface area contributed by atoms with Crippen molar-refractivity contribution < 1.29 is 27.1 Å². The van der Waals surface area contributed by atoms with Gasteiger partial charge in [0.25, 0.3) is 0 Å². The van der Waals surface area contributed by atoms with E-state index in [4.69, 9.17) is 4.74 Å². The number of alkyl halides is 4. The van der Waals surface area contributed by atoms with Gasteiger partial charge in [0, 0.05) is 31.6 Å². The highest BCUT2D eigenvalue weighted by Gasteiger charge is 2.36. The maximum Gasteiger partial charge on any atom is 0.433 e. The molecule has 37 heavy (non-hydrogen) atoms. The summed E-state index contributed by atoms with van der Waals surface area (Å²) in [5, 5.41) is 6.24. The van der Waals surface area contributed by atoms with Gasteiger partial charge >= 0.3 is 12.3 Å². The van der Waals surface area contributed by atoms with Crippen molar-refractivity contribution in [1.82, 2.24) is 24.8 Å². The minimum atomic E-state index is -4.63. The van der Waals surface area contributed by atoms with Gasteiger partial charge in [0.1, 0.15) is 22.7 Å². The van der Waals surface area contributed by atoms with Crippen LogP contribution in [0.3, 0.4) is 0 Å². The molecule has 1 amide bonds. The van der Waals surface area contributed by atoms with Gasteiger partial charge in [-0.2, -0.15) is 28.1 Å². The Bertz CT molecular complexity index is 1140. The molecule has 2 fully saturated rings. The van der Waals surface area contributed by atoms with Gasteiger partial charge < -0.3 is 20.3 Å². The van der Waals surface area contributed by atoms with E-state index in [1.165, 1.54) is 19.1 Å². The topological polar surface area (TPSA) is 105 Å². The summed E-state index contributed by atoms with van der Waals surface area (Å²) >= 11 is 0. The second kappa shape index (κ2) is 9.90. The van der Waals surface area contributed by atoms with Crippen LogP contribution in [0.25, 0.3) is 11.5 Å². The number of nitrogens with zero attached hydrogens (tertiary/aromatic N) is 5. The fraction of sp³-hybridized carbons (Fsp3) is 0.625. The van der Waals surface area contributed by atoms with Crippen molar-refractivity contribution in [1.29, 1.82) is 0 Å². The Labute approximate surface area is 212 Å². The molecule has 9 nitrogen and oxygen atoms in total. The highest BCUT2D eigenvalue weighted by atomic mass is 19.4. The molecule has 0 bridgehead atoms. The molecule has 2 aromatic rings. The Balaban J connectivity index is 1.57. The summed E-state index contributed by atoms with van der Waals surface area (Å²) in [5.74, 6) is 0.161. The van der Waals surface area contributed by atoms with Crippen LogP contribution in [-0.4, -0.2) is 67.4 Å². The Morgan fingerprint density at radius 1 is 1.05 bits per heavy atom. The third-order valence-corrected chi connectivity index (χ3v) is 6.10. The number of nitrogens with one attached hydrogen (secondary N) is 2. The first-order valence-electron chi connectivity index (χ1n) is 12.2. The Morgan fingerprint density at radius 2 is 1.73 bits per heavy atom. The van der Waals surface area contributed by atoms with Gasteiger partial charge in [-0.1, -0.05) is 6.07 Å². The molecule has 3 heterocycles. The van der Waals surface area contributed by atoms with E-state index >= 15 is 0 Å². The molecule has 2 aliphatic rings. The number of likely N-dealkylation sites (tertiary alicyclic amines) is 1. The average Bonchev–Trinajstić information content (AvgIpc) is 3.38. The maximum absolute atomic E-state index is 14.4. The Morgan fingerprint density at radius 3 is 2.32 bits per heavy atom. The van der Waals surface area contributed by atoms with Crippen LogP contribution in [0.2, 0.25) is 0 Å². The number of hydrogen-bond acceptors (Lipinski definition) is 8. The van der Waals surface area contributed by atoms with Crippen LogP contribution < -0.4 is 10.6 Å². The molecule has 4 rings (SSSR count). The third-order valence-electron chi connectivity index (χ3n) is 6.10. The molecule has 2 aromatic heterocycles. The van der Waals surface area contributed by atoms with Crippen LogP contribution in [0.1, 0.15) is 59.1 Å². The molecule has 1 aliphatic carbocycles. The summed E-state index contributed by atoms with van der Waals surface area (Å²) in [6, 6.07) is 3.03. The summed E-state index contributed by atoms with van der Waals surface area (Å²) in [4.78, 5) is 30.6. The van der Waals surface area contributed by atoms with Crippen molar-refractivity contribution in [3.05, 3.63) is 23.9 Å². The number of carbonyl (C=O) groups is 1. The number of halogens is 4. The van der Waals surface area contributed by atoms with Gasteiger partial charge in [-0.3, -0.25) is 0 Å². The SMILES string of the molecule is CC1(F)CCC(Nc2nc(NC3CCN(C(=O)OC(C)(C)C)C3)nc(-c3cccc(C(F)(F)F)n3)n2)C1. The minimum absolute atomic E-state index is 0.0610. The zero-order chi connectivity index (χ0) is 27.0. The van der Waals surface area contributed by atoms with Crippen molar-refractivity contribution >= 4 is 18.0 Å². The summed E-state index contributed by atoms with van der Waals surface area (Å²) in [7, 11) is 0. The standard InChI is InChI=1S/C24H31F4N7O2/c1-22(2,3)37-21(36)35-11-9-15(13-35)30-20-33-18(16-6-5-7-17(31-16)24(26,27)28)32-19(34-20)29-14-8-10-23(4,25)12-14/h5-7,14-15H,8-13H2,1-4H3,(H2,29,30,32,33,34). The molecule has 0 aromatic carbocycles. The largest absolute Gasteiger partial charge is 0.444 e. The van der Waals surface area contributed by atoms with Crippen LogP contribution in [0.4, 0.5) is 34.3 Å². The molecule has 1 aliphatic heterocycles. The lowest BCUT2D eigenvalue weighted by atomic mass is 10.1. The van der Waals surface area contributed by atoms with Gasteiger partial charge in [0.2, 0.25) is 11.9 Å². The van der Waals surface area contributed by atoms with E-state index in [1.807, 2.05) is 0 Å². The zero-order valence-electron chi connectivity index (χ0n) is 21.2. The zero-order valence-corrected chi connectivity index (χ0v) is 21.2. The molecule has 1 saturated carbocycles. The quantitative estimate of drug-likeness (QED) is 0.522. The normalized spacial score (nSPS) is 24.3. The number of aromatic nitrogens is 4. The van der Waals surface area contributed by atoms with E-state index in [-0.39, 0.29) is 41.9 Å². The second-order valence-electron chi connectivity index (χ2n) is 10.8. The van der Waals surface area contributed by atoms with Crippen LogP contribution in [-0.2, 0) is 10.9 Å². The van der Waals surface area contributed by atoms with Gasteiger partial charge in [0.05, 0.1) is 0 Å². The van der Waals surface area contributed by atoms with Gasteiger partial charge in [-0.15, -0.1) is 0 Å². The van der Waals surface area contributed by atoms with Crippen LogP contribution >= 0.6 is 0 Å². The fourth-order valence-electron chi connectivity index (χ4n) is 4.39. The number of rotatable bonds is 5. The predicted molar refractivity (Wildman–Crippen MR) is 129 cm³/mol. The third kappa shape index (κ3) is 7.16. The van der Waals surface area contributed by atoms with Crippen molar-refractivity contribution in [3.8, 4) is 11.5 Å². The number of anilines is 2. The van der Waals surface area contributed by atoms with Crippen molar-refractivity contribution in [2.45, 2.75) is 82.9 Å². The first-order valence-corrected chi connectivity index (χ1v) is 12.2. The predicted octanol–water partition coefficient (Wildman–Crippen LogP) is 5.07. The lowest BCUT2D eigenvalue weighted by Crippen LogP contribution is -2.36. The number of hydrogen-bond donors (Lipinski definition) is 2. The van der Waals surface area contributed by atoms with E-state index in [0.717, 1.165) is 6.07 Å². The first kappa shape index (κ1) is 26.8. The number of amides is 1. The van der Waals surface area contributed by atoms with Gasteiger partial charge in [-0.25, -0.2) is 14.2 Å². The van der Waals surface area contributed by atoms with E-state index in [2.05, 4.69) is 30.6 Å². The number of ether oxygens (including phenoxy) is 1. The number of pyridine rings is 1. The van der Waals surface area contributed by atoms with Crippen molar-refractivity contribution in [3.63, 3.8) is 0 Å². The van der Waals surface area contributed by atoms with Gasteiger partial charge in [-0.05, 0) is 59.1 Å². The highest BCUT2D eigenvalue weighted by Crippen LogP contribution is 2.35. The molecule has 1 saturated heterocycles. The molecule has 0 radical (unpaired) electrons. The molecular formula is C24H31F4N7O2. The van der Waals surface area contributed by atoms with E-state index in [9.17, 15) is 22.4 Å². The first-order chi connectivity index (χ1) is 17.2. The summed E-state index contributed by atoms with van der Waals surface area (Å²) in [6.07, 6.45) is -3.27. The second-order valence-corrected chi connectivity index (χ2v) is 10.8. The number of carbonyl (C=O) groups excluding carboxylic acids is 1. The Hall–Kier alpha value is -3.25. The van der Waals surface area contributed by atoms with E-state index in [1.54, 1.807) is 25.7 Å². The highest BCUT2D eigenvalue weighted by molar-refractivity contribution is 5.68. The lowest BCUT2D eigenvalue weighted by molar-refractivity contribution is -0.141. The average molecular weight is 526 g/mol. The van der Waals surface area contributed by atoms with Crippen molar-refractivity contribution in [2.75, 3.05) is 23.7 Å². The van der Waals surface area contributed by atoms with Gasteiger partial charge in [0.15, 0.2) is 5.82 Å². The maximum atomic E-state index is 14.4. The summed E-state index contributed by atoms with van der Waals surface area (Å²) < 4.78 is 59.5. The smallest absolute Gasteiger partial charge is 0.433 e. The lowest BCUT2D eigenvalue weighted by Gasteiger charge is -2.24. The van der Waals surface area contributed by atoms with E-state index < -0.39 is 29.2 Å². The summed E-state index contributed by atoms with van der Waals surface area (Å²) in [6.45, 7) is 7.69. The minimum Gasteiger partial charge on any atom is -0.444 e. The summed E-state index contributed by atoms with van der Waals surface area (Å²) in [5.41, 5.74) is -3.08. The molecule has 2 N–H and O–H groups in total.